The Labute approximate surface area is 87.4 Å². The molecule has 0 bridgehead atoms. The van der Waals surface area contributed by atoms with Crippen LogP contribution in [0.15, 0.2) is 0 Å². The summed E-state index contributed by atoms with van der Waals surface area (Å²) in [6, 6.07) is 0. The molecule has 2 rings (SSSR count). The number of hydrogen-bond donors (Lipinski definition) is 1. The van der Waals surface area contributed by atoms with Crippen molar-refractivity contribution in [3.63, 3.8) is 0 Å². The molecule has 82 valence electrons. The van der Waals surface area contributed by atoms with E-state index in [0.29, 0.717) is 0 Å². The summed E-state index contributed by atoms with van der Waals surface area (Å²) in [6.07, 6.45) is 0. The lowest BCUT2D eigenvalue weighted by molar-refractivity contribution is 0.112. The molecule has 0 spiro atoms. The highest BCUT2D eigenvalue weighted by atomic mass is 15.2. The molecule has 0 aromatic rings. The third-order valence-electron chi connectivity index (χ3n) is 3.76. The summed E-state index contributed by atoms with van der Waals surface area (Å²) in [6.45, 7) is 11.2. The van der Waals surface area contributed by atoms with Crippen molar-refractivity contribution in [2.24, 2.45) is 11.8 Å². The van der Waals surface area contributed by atoms with Crippen LogP contribution in [0.1, 0.15) is 6.92 Å². The second-order valence-corrected chi connectivity index (χ2v) is 5.00. The van der Waals surface area contributed by atoms with Gasteiger partial charge in [0.2, 0.25) is 0 Å². The number of nitrogens with one attached hydrogen (secondary N) is 1. The maximum absolute atomic E-state index is 3.36. The molecule has 3 nitrogen and oxygen atoms in total. The second-order valence-electron chi connectivity index (χ2n) is 5.00. The minimum absolute atomic E-state index is 0.875. The summed E-state index contributed by atoms with van der Waals surface area (Å²) in [5.41, 5.74) is 0. The molecule has 2 fully saturated rings. The molecule has 0 aliphatic carbocycles. The van der Waals surface area contributed by atoms with E-state index in [1.165, 1.54) is 45.8 Å². The molecule has 0 aromatic carbocycles. The van der Waals surface area contributed by atoms with Crippen molar-refractivity contribution in [1.29, 1.82) is 0 Å². The van der Waals surface area contributed by atoms with Crippen molar-refractivity contribution in [1.82, 2.24) is 15.1 Å². The van der Waals surface area contributed by atoms with Crippen molar-refractivity contribution in [2.45, 2.75) is 6.92 Å². The summed E-state index contributed by atoms with van der Waals surface area (Å²) in [5, 5.41) is 3.36. The van der Waals surface area contributed by atoms with E-state index in [-0.39, 0.29) is 0 Å². The average Bonchev–Trinajstić information content (AvgIpc) is 2.06. The van der Waals surface area contributed by atoms with Gasteiger partial charge in [-0.05, 0) is 32.0 Å². The van der Waals surface area contributed by atoms with Crippen LogP contribution < -0.4 is 5.32 Å². The van der Waals surface area contributed by atoms with E-state index in [9.17, 15) is 0 Å². The van der Waals surface area contributed by atoms with E-state index < -0.39 is 0 Å². The number of piperazine rings is 1. The number of hydrogen-bond acceptors (Lipinski definition) is 3. The topological polar surface area (TPSA) is 18.5 Å². The van der Waals surface area contributed by atoms with Crippen LogP contribution in [0.25, 0.3) is 0 Å². The van der Waals surface area contributed by atoms with Crippen LogP contribution in [-0.2, 0) is 0 Å². The Morgan fingerprint density at radius 1 is 1.21 bits per heavy atom. The first-order chi connectivity index (χ1) is 6.75. The summed E-state index contributed by atoms with van der Waals surface area (Å²) >= 11 is 0. The van der Waals surface area contributed by atoms with Crippen LogP contribution in [0, 0.1) is 11.8 Å². The fourth-order valence-corrected chi connectivity index (χ4v) is 2.30. The standard InChI is InChI=1S/C11H23N3/c1-10(11-7-12-8-11)9-14-5-3-13(2)4-6-14/h10-12H,3-9H2,1-2H3. The molecule has 14 heavy (non-hydrogen) atoms. The predicted molar refractivity (Wildman–Crippen MR) is 59.5 cm³/mol. The van der Waals surface area contributed by atoms with Crippen LogP contribution in [0.5, 0.6) is 0 Å². The first-order valence-electron chi connectivity index (χ1n) is 5.87. The Balaban J connectivity index is 1.68. The summed E-state index contributed by atoms with van der Waals surface area (Å²) in [5.74, 6) is 1.81. The number of rotatable bonds is 3. The van der Waals surface area contributed by atoms with Gasteiger partial charge >= 0.3 is 0 Å². The van der Waals surface area contributed by atoms with Gasteiger partial charge in [0.25, 0.3) is 0 Å². The highest BCUT2D eigenvalue weighted by molar-refractivity contribution is 4.82. The van der Waals surface area contributed by atoms with Gasteiger partial charge < -0.3 is 15.1 Å². The Bertz CT molecular complexity index is 171. The van der Waals surface area contributed by atoms with Gasteiger partial charge in [0.1, 0.15) is 0 Å². The Morgan fingerprint density at radius 3 is 2.36 bits per heavy atom. The minimum Gasteiger partial charge on any atom is -0.316 e. The fraction of sp³-hybridized carbons (Fsp3) is 1.00. The molecule has 1 unspecified atom stereocenters. The van der Waals surface area contributed by atoms with E-state index >= 15 is 0 Å². The van der Waals surface area contributed by atoms with Crippen LogP contribution in [0.2, 0.25) is 0 Å². The molecule has 1 atom stereocenters. The lowest BCUT2D eigenvalue weighted by Gasteiger charge is -2.38. The Kier molecular flexibility index (Phi) is 3.42. The highest BCUT2D eigenvalue weighted by Crippen LogP contribution is 2.17. The quantitative estimate of drug-likeness (QED) is 0.692. The number of nitrogens with zero attached hydrogens (tertiary/aromatic N) is 2. The van der Waals surface area contributed by atoms with Crippen molar-refractivity contribution in [2.75, 3.05) is 52.9 Å². The maximum Gasteiger partial charge on any atom is 0.0110 e. The van der Waals surface area contributed by atoms with E-state index in [0.717, 1.165) is 11.8 Å². The molecule has 2 aliphatic heterocycles. The van der Waals surface area contributed by atoms with Crippen LogP contribution in [0.4, 0.5) is 0 Å². The van der Waals surface area contributed by atoms with Gasteiger partial charge in [0.15, 0.2) is 0 Å². The average molecular weight is 197 g/mol. The van der Waals surface area contributed by atoms with Crippen molar-refractivity contribution in [3.8, 4) is 0 Å². The smallest absolute Gasteiger partial charge is 0.0110 e. The lowest BCUT2D eigenvalue weighted by Crippen LogP contribution is -2.51. The molecule has 0 radical (unpaired) electrons. The second kappa shape index (κ2) is 4.60. The monoisotopic (exact) mass is 197 g/mol. The largest absolute Gasteiger partial charge is 0.316 e. The summed E-state index contributed by atoms with van der Waals surface area (Å²) in [7, 11) is 2.22. The molecule has 1 N–H and O–H groups in total. The minimum atomic E-state index is 0.875. The van der Waals surface area contributed by atoms with E-state index in [2.05, 4.69) is 29.1 Å². The molecule has 2 aliphatic rings. The third kappa shape index (κ3) is 2.47. The first-order valence-corrected chi connectivity index (χ1v) is 5.87. The zero-order chi connectivity index (χ0) is 9.97. The molecule has 2 saturated heterocycles. The molecular weight excluding hydrogens is 174 g/mol. The van der Waals surface area contributed by atoms with Gasteiger partial charge in [-0.3, -0.25) is 0 Å². The molecular formula is C11H23N3. The summed E-state index contributed by atoms with van der Waals surface area (Å²) < 4.78 is 0. The summed E-state index contributed by atoms with van der Waals surface area (Å²) in [4.78, 5) is 5.05. The van der Waals surface area contributed by atoms with Crippen molar-refractivity contribution >= 4 is 0 Å². The predicted octanol–water partition coefficient (Wildman–Crippen LogP) is 0.0893. The van der Waals surface area contributed by atoms with Gasteiger partial charge in [0.05, 0.1) is 0 Å². The van der Waals surface area contributed by atoms with Crippen LogP contribution >= 0.6 is 0 Å². The zero-order valence-corrected chi connectivity index (χ0v) is 9.50. The van der Waals surface area contributed by atoms with Gasteiger partial charge in [0, 0.05) is 32.7 Å². The zero-order valence-electron chi connectivity index (χ0n) is 9.50. The third-order valence-corrected chi connectivity index (χ3v) is 3.76. The van der Waals surface area contributed by atoms with Gasteiger partial charge in [-0.25, -0.2) is 0 Å². The van der Waals surface area contributed by atoms with Crippen LogP contribution in [0.3, 0.4) is 0 Å². The Morgan fingerprint density at radius 2 is 1.86 bits per heavy atom. The number of likely N-dealkylation sites (N-methyl/N-ethyl adjacent to an activating group) is 1. The van der Waals surface area contributed by atoms with E-state index in [1.807, 2.05) is 0 Å². The molecule has 3 heteroatoms. The molecule has 2 heterocycles. The van der Waals surface area contributed by atoms with Crippen molar-refractivity contribution < 1.29 is 0 Å². The van der Waals surface area contributed by atoms with Gasteiger partial charge in [-0.1, -0.05) is 6.92 Å². The molecule has 0 saturated carbocycles. The van der Waals surface area contributed by atoms with E-state index in [1.54, 1.807) is 0 Å². The maximum atomic E-state index is 3.36. The van der Waals surface area contributed by atoms with Crippen LogP contribution in [-0.4, -0.2) is 62.7 Å². The van der Waals surface area contributed by atoms with Gasteiger partial charge in [-0.15, -0.1) is 0 Å². The molecule has 0 amide bonds. The Hall–Kier alpha value is -0.120. The van der Waals surface area contributed by atoms with E-state index in [4.69, 9.17) is 0 Å². The SMILES string of the molecule is CC(CN1CCN(C)CC1)C1CNC1. The van der Waals surface area contributed by atoms with Gasteiger partial charge in [-0.2, -0.15) is 0 Å². The lowest BCUT2D eigenvalue weighted by atomic mass is 9.88. The highest BCUT2D eigenvalue weighted by Gasteiger charge is 2.25. The normalized spacial score (nSPS) is 28.7. The van der Waals surface area contributed by atoms with Crippen molar-refractivity contribution in [3.05, 3.63) is 0 Å². The first kappa shape index (κ1) is 10.4. The fourth-order valence-electron chi connectivity index (χ4n) is 2.30. The molecule has 0 aromatic heterocycles.